The van der Waals surface area contributed by atoms with Crippen LogP contribution in [-0.2, 0) is 9.53 Å². The lowest BCUT2D eigenvalue weighted by Crippen LogP contribution is -2.39. The second kappa shape index (κ2) is 5.24. The van der Waals surface area contributed by atoms with Gasteiger partial charge in [-0.25, -0.2) is 9.18 Å². The molecular weight excluding hydrogens is 292 g/mol. The molecule has 0 atom stereocenters. The first kappa shape index (κ1) is 15.6. The zero-order valence-corrected chi connectivity index (χ0v) is 10.6. The quantitative estimate of drug-likeness (QED) is 0.485. The van der Waals surface area contributed by atoms with Crippen molar-refractivity contribution in [2.75, 3.05) is 0 Å². The van der Waals surface area contributed by atoms with Gasteiger partial charge in [0.15, 0.2) is 0 Å². The van der Waals surface area contributed by atoms with Crippen molar-refractivity contribution in [3.8, 4) is 5.75 Å². The summed E-state index contributed by atoms with van der Waals surface area (Å²) >= 11 is 5.43. The highest BCUT2D eigenvalue weighted by molar-refractivity contribution is 6.30. The van der Waals surface area contributed by atoms with Crippen LogP contribution in [0.3, 0.4) is 0 Å². The predicted octanol–water partition coefficient (Wildman–Crippen LogP) is 3.70. The van der Waals surface area contributed by atoms with Gasteiger partial charge < -0.3 is 9.47 Å². The largest absolute Gasteiger partial charge is 0.491 e. The van der Waals surface area contributed by atoms with Crippen molar-refractivity contribution in [1.82, 2.24) is 0 Å². The van der Waals surface area contributed by atoms with E-state index in [0.717, 1.165) is 26.0 Å². The summed E-state index contributed by atoms with van der Waals surface area (Å²) in [4.78, 5) is 10.7. The van der Waals surface area contributed by atoms with Crippen LogP contribution < -0.4 is 4.74 Å². The molecule has 0 aliphatic rings. The maximum atomic E-state index is 13.1. The van der Waals surface area contributed by atoms with Crippen LogP contribution in [0.15, 0.2) is 18.2 Å². The van der Waals surface area contributed by atoms with E-state index in [-0.39, 0.29) is 10.8 Å². The average molecular weight is 301 g/mol. The van der Waals surface area contributed by atoms with Crippen LogP contribution >= 0.6 is 11.6 Å². The van der Waals surface area contributed by atoms with Crippen molar-refractivity contribution in [2.24, 2.45) is 0 Å². The predicted molar refractivity (Wildman–Crippen MR) is 58.3 cm³/mol. The van der Waals surface area contributed by atoms with E-state index in [1.807, 2.05) is 0 Å². The molecule has 0 bridgehead atoms. The van der Waals surface area contributed by atoms with Crippen LogP contribution in [0, 0.1) is 5.82 Å². The summed E-state index contributed by atoms with van der Waals surface area (Å²) in [7, 11) is 0. The number of carbonyl (C=O) groups excluding carboxylic acids is 1. The molecule has 0 N–H and O–H groups in total. The molecule has 0 amide bonds. The normalized spacial score (nSPS) is 12.2. The third-order valence-corrected chi connectivity index (χ3v) is 2.13. The molecular formula is C11H9ClF4O3. The van der Waals surface area contributed by atoms with Crippen molar-refractivity contribution in [3.05, 3.63) is 29.0 Å². The molecule has 0 fully saturated rings. The summed E-state index contributed by atoms with van der Waals surface area (Å²) in [6, 6.07) is 3.26. The molecule has 0 radical (unpaired) electrons. The maximum Gasteiger partial charge on any atom is 0.491 e. The van der Waals surface area contributed by atoms with E-state index in [0.29, 0.717) is 0 Å². The maximum absolute atomic E-state index is 13.1. The Morgan fingerprint density at radius 3 is 2.32 bits per heavy atom. The van der Waals surface area contributed by atoms with E-state index < -0.39 is 23.7 Å². The molecule has 8 heteroatoms. The number of rotatable bonds is 3. The molecule has 0 aromatic heterocycles. The zero-order chi connectivity index (χ0) is 14.8. The molecule has 0 saturated heterocycles. The van der Waals surface area contributed by atoms with Gasteiger partial charge in [0, 0.05) is 19.9 Å². The van der Waals surface area contributed by atoms with Gasteiger partial charge in [0.1, 0.15) is 11.6 Å². The molecule has 19 heavy (non-hydrogen) atoms. The Labute approximate surface area is 111 Å². The van der Waals surface area contributed by atoms with Gasteiger partial charge in [0.05, 0.1) is 5.02 Å². The van der Waals surface area contributed by atoms with E-state index >= 15 is 0 Å². The number of hydrogen-bond acceptors (Lipinski definition) is 3. The van der Waals surface area contributed by atoms with Gasteiger partial charge in [-0.2, -0.15) is 13.2 Å². The van der Waals surface area contributed by atoms with Crippen molar-refractivity contribution >= 4 is 17.6 Å². The summed E-state index contributed by atoms with van der Waals surface area (Å²) in [5.74, 6) is -5.24. The highest BCUT2D eigenvalue weighted by atomic mass is 35.5. The van der Waals surface area contributed by atoms with Crippen molar-refractivity contribution in [1.29, 1.82) is 0 Å². The molecule has 0 aliphatic carbocycles. The van der Waals surface area contributed by atoms with Crippen LogP contribution in [0.25, 0.3) is 0 Å². The van der Waals surface area contributed by atoms with E-state index in [4.69, 9.17) is 16.3 Å². The van der Waals surface area contributed by atoms with E-state index in [9.17, 15) is 22.4 Å². The van der Waals surface area contributed by atoms with Crippen molar-refractivity contribution < 1.29 is 31.8 Å². The molecule has 0 spiro atoms. The summed E-state index contributed by atoms with van der Waals surface area (Å²) in [5, 5.41) is -0.169. The van der Waals surface area contributed by atoms with Crippen LogP contribution in [0.4, 0.5) is 17.6 Å². The molecule has 3 nitrogen and oxygen atoms in total. The number of alkyl halides is 3. The van der Waals surface area contributed by atoms with Gasteiger partial charge >= 0.3 is 12.1 Å². The SMILES string of the molecule is CC(C)(OC(=O)C(F)(F)F)Oc1ccc(Cl)c(F)c1. The molecule has 0 saturated carbocycles. The minimum atomic E-state index is -5.13. The molecule has 1 rings (SSSR count). The lowest BCUT2D eigenvalue weighted by atomic mass is 10.3. The fourth-order valence-electron chi connectivity index (χ4n) is 1.13. The average Bonchev–Trinajstić information content (AvgIpc) is 2.21. The standard InChI is InChI=1S/C11H9ClF4O3/c1-10(2,19-9(17)11(14,15)16)18-6-3-4-7(12)8(13)5-6/h3-5H,1-2H3. The van der Waals surface area contributed by atoms with Gasteiger partial charge in [-0.1, -0.05) is 11.6 Å². The molecule has 0 unspecified atom stereocenters. The van der Waals surface area contributed by atoms with Gasteiger partial charge in [-0.05, 0) is 12.1 Å². The van der Waals surface area contributed by atoms with Gasteiger partial charge in [0.2, 0.25) is 5.79 Å². The lowest BCUT2D eigenvalue weighted by Gasteiger charge is -2.26. The lowest BCUT2D eigenvalue weighted by molar-refractivity contribution is -0.232. The van der Waals surface area contributed by atoms with Crippen molar-refractivity contribution in [3.63, 3.8) is 0 Å². The molecule has 0 aliphatic heterocycles. The monoisotopic (exact) mass is 300 g/mol. The Kier molecular flexibility index (Phi) is 4.29. The van der Waals surface area contributed by atoms with Crippen LogP contribution in [-0.4, -0.2) is 17.9 Å². The zero-order valence-electron chi connectivity index (χ0n) is 9.85. The van der Waals surface area contributed by atoms with Crippen LogP contribution in [0.2, 0.25) is 5.02 Å². The van der Waals surface area contributed by atoms with Gasteiger partial charge in [0.25, 0.3) is 0 Å². The summed E-state index contributed by atoms with van der Waals surface area (Å²) < 4.78 is 58.3. The Bertz CT molecular complexity index is 485. The van der Waals surface area contributed by atoms with E-state index in [1.54, 1.807) is 0 Å². The first-order valence-corrected chi connectivity index (χ1v) is 5.33. The number of halogens is 5. The number of benzene rings is 1. The van der Waals surface area contributed by atoms with Crippen LogP contribution in [0.5, 0.6) is 5.75 Å². The smallest absolute Gasteiger partial charge is 0.453 e. The number of esters is 1. The minimum absolute atomic E-state index is 0.123. The number of hydrogen-bond donors (Lipinski definition) is 0. The minimum Gasteiger partial charge on any atom is -0.453 e. The van der Waals surface area contributed by atoms with Crippen molar-refractivity contribution in [2.45, 2.75) is 25.8 Å². The van der Waals surface area contributed by atoms with E-state index in [2.05, 4.69) is 4.74 Å². The van der Waals surface area contributed by atoms with Gasteiger partial charge in [-0.3, -0.25) is 0 Å². The van der Waals surface area contributed by atoms with Gasteiger partial charge in [-0.15, -0.1) is 0 Å². The highest BCUT2D eigenvalue weighted by Gasteiger charge is 2.44. The third-order valence-electron chi connectivity index (χ3n) is 1.82. The Hall–Kier alpha value is -1.50. The molecule has 106 valence electrons. The number of ether oxygens (including phenoxy) is 2. The summed E-state index contributed by atoms with van der Waals surface area (Å²) in [6.07, 6.45) is -5.13. The Morgan fingerprint density at radius 2 is 1.84 bits per heavy atom. The molecule has 0 heterocycles. The third kappa shape index (κ3) is 4.59. The summed E-state index contributed by atoms with van der Waals surface area (Å²) in [6.45, 7) is 2.17. The Balaban J connectivity index is 2.79. The summed E-state index contributed by atoms with van der Waals surface area (Å²) in [5.41, 5.74) is 0. The fraction of sp³-hybridized carbons (Fsp3) is 0.364. The number of carbonyl (C=O) groups is 1. The first-order chi connectivity index (χ1) is 8.51. The second-order valence-corrected chi connectivity index (χ2v) is 4.37. The topological polar surface area (TPSA) is 35.5 Å². The van der Waals surface area contributed by atoms with E-state index in [1.165, 1.54) is 6.07 Å². The first-order valence-electron chi connectivity index (χ1n) is 4.95. The fourth-order valence-corrected chi connectivity index (χ4v) is 1.24. The highest BCUT2D eigenvalue weighted by Crippen LogP contribution is 2.26. The second-order valence-electron chi connectivity index (χ2n) is 3.97. The van der Waals surface area contributed by atoms with Crippen LogP contribution in [0.1, 0.15) is 13.8 Å². The Morgan fingerprint density at radius 1 is 1.26 bits per heavy atom. The molecule has 1 aromatic carbocycles. The molecule has 1 aromatic rings.